The Hall–Kier alpha value is -3.33. The number of hydrogen-bond acceptors (Lipinski definition) is 5. The number of nitrogens with two attached hydrogens (primary N) is 1. The molecule has 0 aliphatic rings. The van der Waals surface area contributed by atoms with E-state index < -0.39 is 0 Å². The van der Waals surface area contributed by atoms with Gasteiger partial charge in [-0.1, -0.05) is 18.2 Å². The number of carbonyl (C=O) groups excluding carboxylic acids is 1. The first kappa shape index (κ1) is 13.6. The van der Waals surface area contributed by atoms with Crippen molar-refractivity contribution in [2.75, 3.05) is 11.1 Å². The van der Waals surface area contributed by atoms with Gasteiger partial charge in [0.25, 0.3) is 0 Å². The number of rotatable bonds is 2. The largest absolute Gasteiger partial charge is 0.454 e. The molecule has 1 aromatic carbocycles. The molecule has 1 amide bonds. The van der Waals surface area contributed by atoms with Gasteiger partial charge >= 0.3 is 0 Å². The highest BCUT2D eigenvalue weighted by atomic mass is 16.3. The van der Waals surface area contributed by atoms with Crippen molar-refractivity contribution in [3.63, 3.8) is 0 Å². The zero-order chi connectivity index (χ0) is 15.7. The van der Waals surface area contributed by atoms with Crippen LogP contribution in [0.4, 0.5) is 11.5 Å². The molecule has 0 saturated heterocycles. The first-order valence-electron chi connectivity index (χ1n) is 6.55. The molecule has 2 aromatic heterocycles. The molecule has 0 spiro atoms. The molecule has 0 aliphatic carbocycles. The summed E-state index contributed by atoms with van der Waals surface area (Å²) in [5.74, 6) is 0.434. The lowest BCUT2D eigenvalue weighted by molar-refractivity contribution is -0.114. The molecule has 3 aromatic rings. The van der Waals surface area contributed by atoms with Crippen molar-refractivity contribution in [3.05, 3.63) is 42.0 Å². The first-order chi connectivity index (χ1) is 10.6. The third-order valence-corrected chi connectivity index (χ3v) is 3.12. The van der Waals surface area contributed by atoms with Crippen LogP contribution in [-0.4, -0.2) is 10.9 Å². The first-order valence-corrected chi connectivity index (χ1v) is 6.55. The number of furan rings is 1. The molecule has 6 nitrogen and oxygen atoms in total. The van der Waals surface area contributed by atoms with Gasteiger partial charge in [-0.3, -0.25) is 4.79 Å². The number of aromatic nitrogens is 1. The third-order valence-electron chi connectivity index (χ3n) is 3.12. The fraction of sp³-hybridized carbons (Fsp3) is 0.0625. The van der Waals surface area contributed by atoms with Gasteiger partial charge in [0.05, 0.1) is 5.69 Å². The molecule has 0 radical (unpaired) electrons. The maximum absolute atomic E-state index is 11.2. The SMILES string of the molecule is CC(=O)Nc1cc(N)c(C#N)c(-c2cc3ccccc3o2)n1. The minimum atomic E-state index is -0.271. The predicted molar refractivity (Wildman–Crippen MR) is 82.9 cm³/mol. The number of fused-ring (bicyclic) bond motifs is 1. The van der Waals surface area contributed by atoms with E-state index in [1.807, 2.05) is 30.3 Å². The molecule has 0 unspecified atom stereocenters. The summed E-state index contributed by atoms with van der Waals surface area (Å²) >= 11 is 0. The smallest absolute Gasteiger partial charge is 0.222 e. The Labute approximate surface area is 126 Å². The van der Waals surface area contributed by atoms with E-state index in [0.717, 1.165) is 5.39 Å². The summed E-state index contributed by atoms with van der Waals surface area (Å²) in [4.78, 5) is 15.5. The molecule has 0 atom stereocenters. The minimum Gasteiger partial charge on any atom is -0.454 e. The van der Waals surface area contributed by atoms with Gasteiger partial charge in [0.1, 0.15) is 28.7 Å². The van der Waals surface area contributed by atoms with Gasteiger partial charge in [0.2, 0.25) is 5.91 Å². The number of nitrogen functional groups attached to an aromatic ring is 1. The summed E-state index contributed by atoms with van der Waals surface area (Å²) in [5.41, 5.74) is 7.33. The maximum atomic E-state index is 11.2. The lowest BCUT2D eigenvalue weighted by Gasteiger charge is -2.07. The molecule has 2 heterocycles. The van der Waals surface area contributed by atoms with Crippen molar-refractivity contribution < 1.29 is 9.21 Å². The number of para-hydroxylation sites is 1. The summed E-state index contributed by atoms with van der Waals surface area (Å²) in [6.07, 6.45) is 0. The Balaban J connectivity index is 2.21. The Kier molecular flexibility index (Phi) is 3.24. The minimum absolute atomic E-state index is 0.216. The lowest BCUT2D eigenvalue weighted by atomic mass is 10.1. The van der Waals surface area contributed by atoms with Gasteiger partial charge in [0.15, 0.2) is 5.76 Å². The molecule has 0 fully saturated rings. The number of benzene rings is 1. The Morgan fingerprint density at radius 1 is 1.36 bits per heavy atom. The van der Waals surface area contributed by atoms with E-state index in [2.05, 4.69) is 10.3 Å². The van der Waals surface area contributed by atoms with E-state index in [4.69, 9.17) is 10.2 Å². The van der Waals surface area contributed by atoms with Crippen molar-refractivity contribution in [3.8, 4) is 17.5 Å². The van der Waals surface area contributed by atoms with Crippen LogP contribution < -0.4 is 11.1 Å². The Morgan fingerprint density at radius 3 is 2.82 bits per heavy atom. The van der Waals surface area contributed by atoms with E-state index in [-0.39, 0.29) is 23.0 Å². The van der Waals surface area contributed by atoms with Crippen LogP contribution in [0.1, 0.15) is 12.5 Å². The van der Waals surface area contributed by atoms with Crippen molar-refractivity contribution in [2.45, 2.75) is 6.92 Å². The molecule has 0 bridgehead atoms. The van der Waals surface area contributed by atoms with Gasteiger partial charge < -0.3 is 15.5 Å². The van der Waals surface area contributed by atoms with Crippen LogP contribution in [0.25, 0.3) is 22.4 Å². The van der Waals surface area contributed by atoms with Gasteiger partial charge in [-0.25, -0.2) is 4.98 Å². The monoisotopic (exact) mass is 292 g/mol. The van der Waals surface area contributed by atoms with Crippen molar-refractivity contribution in [1.82, 2.24) is 4.98 Å². The maximum Gasteiger partial charge on any atom is 0.222 e. The summed E-state index contributed by atoms with van der Waals surface area (Å²) in [6.45, 7) is 1.37. The zero-order valence-corrected chi connectivity index (χ0v) is 11.8. The normalized spacial score (nSPS) is 10.4. The number of nitrogens with zero attached hydrogens (tertiary/aromatic N) is 2. The number of amides is 1. The van der Waals surface area contributed by atoms with E-state index in [9.17, 15) is 10.1 Å². The molecule has 3 rings (SSSR count). The molecule has 22 heavy (non-hydrogen) atoms. The summed E-state index contributed by atoms with van der Waals surface area (Å²) < 4.78 is 5.73. The fourth-order valence-electron chi connectivity index (χ4n) is 2.20. The van der Waals surface area contributed by atoms with Crippen LogP contribution in [-0.2, 0) is 4.79 Å². The number of pyridine rings is 1. The number of hydrogen-bond donors (Lipinski definition) is 2. The Bertz CT molecular complexity index is 889. The van der Waals surface area contributed by atoms with E-state index in [1.54, 1.807) is 6.07 Å². The highest BCUT2D eigenvalue weighted by Crippen LogP contribution is 2.32. The average molecular weight is 292 g/mol. The second-order valence-electron chi connectivity index (χ2n) is 4.76. The number of nitrogens with one attached hydrogen (secondary N) is 1. The van der Waals surface area contributed by atoms with Gasteiger partial charge in [0, 0.05) is 18.4 Å². The van der Waals surface area contributed by atoms with Gasteiger partial charge in [-0.2, -0.15) is 5.26 Å². The van der Waals surface area contributed by atoms with Crippen LogP contribution in [0.3, 0.4) is 0 Å². The molecular formula is C16H12N4O2. The van der Waals surface area contributed by atoms with Crippen molar-refractivity contribution >= 4 is 28.4 Å². The number of carbonyl (C=O) groups is 1. The van der Waals surface area contributed by atoms with E-state index in [0.29, 0.717) is 17.0 Å². The standard InChI is InChI=1S/C16H12N4O2/c1-9(21)19-15-7-12(18)11(8-17)16(20-15)14-6-10-4-2-3-5-13(10)22-14/h2-7H,1H3,(H3,18,19,20,21). The van der Waals surface area contributed by atoms with E-state index in [1.165, 1.54) is 13.0 Å². The third kappa shape index (κ3) is 2.36. The Morgan fingerprint density at radius 2 is 2.14 bits per heavy atom. The summed E-state index contributed by atoms with van der Waals surface area (Å²) in [6, 6.07) is 12.7. The quantitative estimate of drug-likeness (QED) is 0.755. The number of anilines is 2. The zero-order valence-electron chi connectivity index (χ0n) is 11.8. The summed E-state index contributed by atoms with van der Waals surface area (Å²) in [5, 5.41) is 12.8. The predicted octanol–water partition coefficient (Wildman–Crippen LogP) is 2.91. The van der Waals surface area contributed by atoms with Gasteiger partial charge in [-0.05, 0) is 12.1 Å². The molecule has 3 N–H and O–H groups in total. The highest BCUT2D eigenvalue weighted by molar-refractivity contribution is 5.90. The molecule has 108 valence electrons. The topological polar surface area (TPSA) is 105 Å². The fourth-order valence-corrected chi connectivity index (χ4v) is 2.20. The second kappa shape index (κ2) is 5.22. The molecule has 0 aliphatic heterocycles. The van der Waals surface area contributed by atoms with Crippen LogP contribution in [0.5, 0.6) is 0 Å². The van der Waals surface area contributed by atoms with Crippen LogP contribution in [0, 0.1) is 11.3 Å². The molecular weight excluding hydrogens is 280 g/mol. The average Bonchev–Trinajstić information content (AvgIpc) is 2.89. The van der Waals surface area contributed by atoms with Gasteiger partial charge in [-0.15, -0.1) is 0 Å². The number of nitriles is 1. The second-order valence-corrected chi connectivity index (χ2v) is 4.76. The van der Waals surface area contributed by atoms with Crippen molar-refractivity contribution in [1.29, 1.82) is 5.26 Å². The van der Waals surface area contributed by atoms with Crippen LogP contribution >= 0.6 is 0 Å². The van der Waals surface area contributed by atoms with E-state index >= 15 is 0 Å². The summed E-state index contributed by atoms with van der Waals surface area (Å²) in [7, 11) is 0. The molecule has 0 saturated carbocycles. The lowest BCUT2D eigenvalue weighted by Crippen LogP contribution is -2.09. The van der Waals surface area contributed by atoms with Crippen molar-refractivity contribution in [2.24, 2.45) is 0 Å². The van der Waals surface area contributed by atoms with Crippen LogP contribution in [0.2, 0.25) is 0 Å². The van der Waals surface area contributed by atoms with Crippen LogP contribution in [0.15, 0.2) is 40.8 Å². The molecule has 6 heteroatoms. The highest BCUT2D eigenvalue weighted by Gasteiger charge is 2.16.